The molecule has 0 atom stereocenters. The van der Waals surface area contributed by atoms with Crippen molar-refractivity contribution in [3.8, 4) is 5.75 Å². The van der Waals surface area contributed by atoms with Gasteiger partial charge in [-0.1, -0.05) is 12.1 Å². The standard InChI is InChI=1S/C11H14O4/c1-13-10-5-3-2-4-9(10)11(8-12)14-6-7-15-11/h2-5,12H,6-8H2,1H3. The first-order chi connectivity index (χ1) is 7.32. The zero-order valence-electron chi connectivity index (χ0n) is 8.60. The van der Waals surface area contributed by atoms with Crippen molar-refractivity contribution >= 4 is 0 Å². The van der Waals surface area contributed by atoms with Crippen molar-refractivity contribution in [2.75, 3.05) is 26.9 Å². The number of hydrogen-bond acceptors (Lipinski definition) is 4. The van der Waals surface area contributed by atoms with E-state index < -0.39 is 5.79 Å². The summed E-state index contributed by atoms with van der Waals surface area (Å²) in [4.78, 5) is 0. The summed E-state index contributed by atoms with van der Waals surface area (Å²) < 4.78 is 16.1. The third-order valence-electron chi connectivity index (χ3n) is 2.48. The normalized spacial score (nSPS) is 19.1. The molecule has 1 saturated heterocycles. The van der Waals surface area contributed by atoms with Gasteiger partial charge in [-0.15, -0.1) is 0 Å². The molecule has 0 aromatic heterocycles. The highest BCUT2D eigenvalue weighted by molar-refractivity contribution is 5.37. The highest BCUT2D eigenvalue weighted by atomic mass is 16.7. The van der Waals surface area contributed by atoms with Crippen molar-refractivity contribution in [2.45, 2.75) is 5.79 Å². The fraction of sp³-hybridized carbons (Fsp3) is 0.455. The van der Waals surface area contributed by atoms with Crippen molar-refractivity contribution in [1.29, 1.82) is 0 Å². The molecule has 4 nitrogen and oxygen atoms in total. The highest BCUT2D eigenvalue weighted by Gasteiger charge is 2.40. The average Bonchev–Trinajstić information content (AvgIpc) is 2.79. The maximum atomic E-state index is 9.38. The second-order valence-corrected chi connectivity index (χ2v) is 3.31. The molecule has 0 radical (unpaired) electrons. The predicted octanol–water partition coefficient (Wildman–Crippen LogP) is 0.887. The molecule has 82 valence electrons. The van der Waals surface area contributed by atoms with Gasteiger partial charge >= 0.3 is 0 Å². The van der Waals surface area contributed by atoms with E-state index >= 15 is 0 Å². The van der Waals surface area contributed by atoms with Crippen LogP contribution in [-0.2, 0) is 15.3 Å². The summed E-state index contributed by atoms with van der Waals surface area (Å²) >= 11 is 0. The Bertz CT molecular complexity index is 331. The van der Waals surface area contributed by atoms with Gasteiger partial charge in [-0.2, -0.15) is 0 Å². The maximum Gasteiger partial charge on any atom is 0.222 e. The number of methoxy groups -OCH3 is 1. The Balaban J connectivity index is 2.41. The Hall–Kier alpha value is -1.10. The number of para-hydroxylation sites is 1. The molecule has 0 spiro atoms. The van der Waals surface area contributed by atoms with E-state index in [0.29, 0.717) is 19.0 Å². The van der Waals surface area contributed by atoms with Crippen molar-refractivity contribution < 1.29 is 19.3 Å². The number of ether oxygens (including phenoxy) is 3. The van der Waals surface area contributed by atoms with Crippen molar-refractivity contribution in [2.24, 2.45) is 0 Å². The van der Waals surface area contributed by atoms with E-state index in [2.05, 4.69) is 0 Å². The molecule has 1 N–H and O–H groups in total. The van der Waals surface area contributed by atoms with Crippen molar-refractivity contribution in [3.63, 3.8) is 0 Å². The summed E-state index contributed by atoms with van der Waals surface area (Å²) in [5.74, 6) is -0.388. The molecule has 4 heteroatoms. The molecular formula is C11H14O4. The largest absolute Gasteiger partial charge is 0.496 e. The van der Waals surface area contributed by atoms with Crippen LogP contribution in [0.5, 0.6) is 5.75 Å². The first-order valence-electron chi connectivity index (χ1n) is 4.85. The number of rotatable bonds is 3. The van der Waals surface area contributed by atoms with Crippen molar-refractivity contribution in [1.82, 2.24) is 0 Å². The second-order valence-electron chi connectivity index (χ2n) is 3.31. The Morgan fingerprint density at radius 2 is 2.00 bits per heavy atom. The van der Waals surface area contributed by atoms with Crippen molar-refractivity contribution in [3.05, 3.63) is 29.8 Å². The van der Waals surface area contributed by atoms with Gasteiger partial charge < -0.3 is 19.3 Å². The smallest absolute Gasteiger partial charge is 0.222 e. The third kappa shape index (κ3) is 1.71. The van der Waals surface area contributed by atoms with Crippen LogP contribution in [0.4, 0.5) is 0 Å². The average molecular weight is 210 g/mol. The van der Waals surface area contributed by atoms with Crippen LogP contribution >= 0.6 is 0 Å². The summed E-state index contributed by atoms with van der Waals surface area (Å²) in [5.41, 5.74) is 0.729. The molecule has 0 bridgehead atoms. The molecule has 1 heterocycles. The SMILES string of the molecule is COc1ccccc1C1(CO)OCCO1. The van der Waals surface area contributed by atoms with Crippen LogP contribution in [0.2, 0.25) is 0 Å². The zero-order chi connectivity index (χ0) is 10.7. The Kier molecular flexibility index (Phi) is 2.90. The number of aliphatic hydroxyl groups is 1. The van der Waals surface area contributed by atoms with Gasteiger partial charge in [0.2, 0.25) is 5.79 Å². The lowest BCUT2D eigenvalue weighted by atomic mass is 10.1. The first-order valence-corrected chi connectivity index (χ1v) is 4.85. The summed E-state index contributed by atoms with van der Waals surface area (Å²) in [6.07, 6.45) is 0. The van der Waals surface area contributed by atoms with E-state index in [9.17, 15) is 5.11 Å². The minimum Gasteiger partial charge on any atom is -0.496 e. The highest BCUT2D eigenvalue weighted by Crippen LogP contribution is 2.36. The lowest BCUT2D eigenvalue weighted by molar-refractivity contribution is -0.192. The Morgan fingerprint density at radius 3 is 2.60 bits per heavy atom. The first kappa shape index (κ1) is 10.4. The van der Waals surface area contributed by atoms with Gasteiger partial charge in [0.05, 0.1) is 25.9 Å². The number of benzene rings is 1. The van der Waals surface area contributed by atoms with Crippen LogP contribution in [0.3, 0.4) is 0 Å². The molecular weight excluding hydrogens is 196 g/mol. The molecule has 1 aliphatic rings. The summed E-state index contributed by atoms with van der Waals surface area (Å²) in [7, 11) is 1.58. The van der Waals surface area contributed by atoms with Gasteiger partial charge in [0.1, 0.15) is 12.4 Å². The quantitative estimate of drug-likeness (QED) is 0.804. The molecule has 15 heavy (non-hydrogen) atoms. The summed E-state index contributed by atoms with van der Waals surface area (Å²) in [6.45, 7) is 0.755. The topological polar surface area (TPSA) is 47.9 Å². The lowest BCUT2D eigenvalue weighted by Crippen LogP contribution is -2.32. The van der Waals surface area contributed by atoms with Gasteiger partial charge in [0, 0.05) is 0 Å². The van der Waals surface area contributed by atoms with E-state index in [-0.39, 0.29) is 6.61 Å². The fourth-order valence-electron chi connectivity index (χ4n) is 1.75. The molecule has 1 aromatic carbocycles. The van der Waals surface area contributed by atoms with E-state index in [1.807, 2.05) is 24.3 Å². The summed E-state index contributed by atoms with van der Waals surface area (Å²) in [6, 6.07) is 7.38. The maximum absolute atomic E-state index is 9.38. The molecule has 1 aliphatic heterocycles. The zero-order valence-corrected chi connectivity index (χ0v) is 8.60. The van der Waals surface area contributed by atoms with E-state index in [0.717, 1.165) is 5.56 Å². The lowest BCUT2D eigenvalue weighted by Gasteiger charge is -2.26. The van der Waals surface area contributed by atoms with E-state index in [1.165, 1.54) is 0 Å². The monoisotopic (exact) mass is 210 g/mol. The second kappa shape index (κ2) is 4.18. The van der Waals surface area contributed by atoms with Crippen LogP contribution in [0.1, 0.15) is 5.56 Å². The molecule has 1 fully saturated rings. The predicted molar refractivity (Wildman–Crippen MR) is 53.7 cm³/mol. The van der Waals surface area contributed by atoms with E-state index in [4.69, 9.17) is 14.2 Å². The number of hydrogen-bond donors (Lipinski definition) is 1. The van der Waals surface area contributed by atoms with Crippen LogP contribution in [0.25, 0.3) is 0 Å². The van der Waals surface area contributed by atoms with Crippen LogP contribution in [0, 0.1) is 0 Å². The Morgan fingerprint density at radius 1 is 1.33 bits per heavy atom. The Labute approximate surface area is 88.4 Å². The van der Waals surface area contributed by atoms with Crippen LogP contribution < -0.4 is 4.74 Å². The van der Waals surface area contributed by atoms with Gasteiger partial charge in [-0.3, -0.25) is 0 Å². The van der Waals surface area contributed by atoms with Gasteiger partial charge in [-0.05, 0) is 12.1 Å². The molecule has 0 amide bonds. The molecule has 0 aliphatic carbocycles. The van der Waals surface area contributed by atoms with Gasteiger partial charge in [0.15, 0.2) is 0 Å². The molecule has 1 aromatic rings. The van der Waals surface area contributed by atoms with Gasteiger partial charge in [-0.25, -0.2) is 0 Å². The van der Waals surface area contributed by atoms with Crippen LogP contribution in [-0.4, -0.2) is 32.0 Å². The third-order valence-corrected chi connectivity index (χ3v) is 2.48. The number of aliphatic hydroxyl groups excluding tert-OH is 1. The van der Waals surface area contributed by atoms with Gasteiger partial charge in [0.25, 0.3) is 0 Å². The molecule has 2 rings (SSSR count). The fourth-order valence-corrected chi connectivity index (χ4v) is 1.75. The van der Waals surface area contributed by atoms with E-state index in [1.54, 1.807) is 7.11 Å². The minimum atomic E-state index is -1.05. The molecule has 0 unspecified atom stereocenters. The van der Waals surface area contributed by atoms with Crippen LogP contribution in [0.15, 0.2) is 24.3 Å². The minimum absolute atomic E-state index is 0.215. The summed E-state index contributed by atoms with van der Waals surface area (Å²) in [5, 5.41) is 9.38. The molecule has 0 saturated carbocycles.